The molecule has 0 radical (unpaired) electrons. The third-order valence-corrected chi connectivity index (χ3v) is 4.63. The van der Waals surface area contributed by atoms with E-state index >= 15 is 0 Å². The summed E-state index contributed by atoms with van der Waals surface area (Å²) in [6.45, 7) is 6.31. The fourth-order valence-electron chi connectivity index (χ4n) is 3.10. The van der Waals surface area contributed by atoms with Gasteiger partial charge in [-0.3, -0.25) is 9.59 Å². The number of esters is 1. The van der Waals surface area contributed by atoms with Crippen LogP contribution in [-0.2, 0) is 14.3 Å². The summed E-state index contributed by atoms with van der Waals surface area (Å²) >= 11 is 0. The Bertz CT molecular complexity index is 759. The second-order valence-electron chi connectivity index (χ2n) is 7.21. The van der Waals surface area contributed by atoms with Gasteiger partial charge < -0.3 is 20.3 Å². The molecule has 150 valence electrons. The Balaban J connectivity index is 1.89. The number of nitriles is 1. The third kappa shape index (κ3) is 5.46. The molecule has 0 aromatic heterocycles. The quantitative estimate of drug-likeness (QED) is 0.754. The predicted molar refractivity (Wildman–Crippen MR) is 103 cm³/mol. The molecule has 28 heavy (non-hydrogen) atoms. The molecule has 0 spiro atoms. The fraction of sp³-hybridized carbons (Fsp3) is 0.500. The van der Waals surface area contributed by atoms with Crippen molar-refractivity contribution in [1.82, 2.24) is 10.2 Å². The van der Waals surface area contributed by atoms with Gasteiger partial charge in [-0.1, -0.05) is 0 Å². The van der Waals surface area contributed by atoms with Gasteiger partial charge in [0.05, 0.1) is 24.2 Å². The minimum Gasteiger partial charge on any atom is -0.466 e. The van der Waals surface area contributed by atoms with Crippen LogP contribution in [-0.4, -0.2) is 48.0 Å². The Labute approximate surface area is 164 Å². The van der Waals surface area contributed by atoms with Crippen molar-refractivity contribution in [3.8, 4) is 6.07 Å². The number of carbonyl (C=O) groups excluding carboxylic acids is 3. The van der Waals surface area contributed by atoms with Crippen LogP contribution in [0.5, 0.6) is 0 Å². The number of carbonyl (C=O) groups is 3. The Morgan fingerprint density at radius 3 is 2.36 bits per heavy atom. The van der Waals surface area contributed by atoms with E-state index in [-0.39, 0.29) is 17.8 Å². The van der Waals surface area contributed by atoms with Crippen molar-refractivity contribution < 1.29 is 19.1 Å². The molecule has 2 rings (SSSR count). The van der Waals surface area contributed by atoms with E-state index in [1.807, 2.05) is 6.07 Å². The van der Waals surface area contributed by atoms with Gasteiger partial charge in [0.15, 0.2) is 0 Å². The van der Waals surface area contributed by atoms with Gasteiger partial charge in [0.2, 0.25) is 5.91 Å². The van der Waals surface area contributed by atoms with Crippen molar-refractivity contribution in [3.63, 3.8) is 0 Å². The van der Waals surface area contributed by atoms with Crippen molar-refractivity contribution in [3.05, 3.63) is 29.8 Å². The van der Waals surface area contributed by atoms with E-state index in [0.717, 1.165) is 0 Å². The smallest absolute Gasteiger partial charge is 0.320 e. The number of urea groups is 1. The highest BCUT2D eigenvalue weighted by molar-refractivity contribution is 5.95. The van der Waals surface area contributed by atoms with Crippen molar-refractivity contribution in [2.75, 3.05) is 25.0 Å². The van der Waals surface area contributed by atoms with Crippen LogP contribution in [0.3, 0.4) is 0 Å². The Morgan fingerprint density at radius 1 is 1.21 bits per heavy atom. The molecule has 8 nitrogen and oxygen atoms in total. The summed E-state index contributed by atoms with van der Waals surface area (Å²) in [7, 11) is 0. The van der Waals surface area contributed by atoms with Crippen LogP contribution >= 0.6 is 0 Å². The molecule has 1 saturated heterocycles. The van der Waals surface area contributed by atoms with Gasteiger partial charge in [-0.25, -0.2) is 4.79 Å². The summed E-state index contributed by atoms with van der Waals surface area (Å²) in [6, 6.07) is 7.93. The Hall–Kier alpha value is -3.08. The number of benzene rings is 1. The number of nitrogens with zero attached hydrogens (tertiary/aromatic N) is 2. The first-order valence-corrected chi connectivity index (χ1v) is 9.32. The molecule has 1 aliphatic heterocycles. The maximum atomic E-state index is 12.8. The first-order chi connectivity index (χ1) is 13.3. The van der Waals surface area contributed by atoms with Crippen molar-refractivity contribution in [2.24, 2.45) is 5.92 Å². The normalized spacial score (nSPS) is 14.7. The van der Waals surface area contributed by atoms with Crippen LogP contribution in [0, 0.1) is 17.2 Å². The minimum absolute atomic E-state index is 0.181. The van der Waals surface area contributed by atoms with E-state index in [1.54, 1.807) is 49.9 Å². The molecule has 0 aliphatic carbocycles. The molecular weight excluding hydrogens is 360 g/mol. The molecule has 0 saturated carbocycles. The van der Waals surface area contributed by atoms with Gasteiger partial charge in [0.1, 0.15) is 5.54 Å². The summed E-state index contributed by atoms with van der Waals surface area (Å²) in [5.74, 6) is -0.599. The highest BCUT2D eigenvalue weighted by atomic mass is 16.5. The van der Waals surface area contributed by atoms with Crippen LogP contribution in [0.1, 0.15) is 39.2 Å². The number of amides is 3. The number of nitrogens with one attached hydrogen (secondary N) is 2. The molecule has 0 unspecified atom stereocenters. The molecule has 1 aromatic carbocycles. The van der Waals surface area contributed by atoms with Crippen LogP contribution in [0.25, 0.3) is 0 Å². The lowest BCUT2D eigenvalue weighted by atomic mass is 9.94. The molecule has 0 bridgehead atoms. The van der Waals surface area contributed by atoms with E-state index in [1.165, 1.54) is 0 Å². The Morgan fingerprint density at radius 2 is 1.82 bits per heavy atom. The molecular formula is C20H26N4O4. The minimum atomic E-state index is -1.10. The average molecular weight is 386 g/mol. The number of likely N-dealkylation sites (tertiary alicyclic amines) is 1. The van der Waals surface area contributed by atoms with Crippen LogP contribution in [0.4, 0.5) is 10.5 Å². The van der Waals surface area contributed by atoms with E-state index in [9.17, 15) is 14.4 Å². The largest absolute Gasteiger partial charge is 0.466 e. The Kier molecular flexibility index (Phi) is 6.99. The predicted octanol–water partition coefficient (Wildman–Crippen LogP) is 2.26. The van der Waals surface area contributed by atoms with Crippen molar-refractivity contribution >= 4 is 23.6 Å². The van der Waals surface area contributed by atoms with Gasteiger partial charge in [0.25, 0.3) is 0 Å². The number of hydrogen-bond donors (Lipinski definition) is 2. The van der Waals surface area contributed by atoms with E-state index in [0.29, 0.717) is 43.8 Å². The molecule has 1 aliphatic rings. The van der Waals surface area contributed by atoms with Crippen LogP contribution in [0.2, 0.25) is 0 Å². The maximum absolute atomic E-state index is 12.8. The summed E-state index contributed by atoms with van der Waals surface area (Å²) < 4.78 is 5.04. The first kappa shape index (κ1) is 21.2. The van der Waals surface area contributed by atoms with E-state index in [2.05, 4.69) is 10.6 Å². The summed E-state index contributed by atoms with van der Waals surface area (Å²) in [5, 5.41) is 14.1. The summed E-state index contributed by atoms with van der Waals surface area (Å²) in [5.41, 5.74) is -0.0874. The number of anilines is 1. The van der Waals surface area contributed by atoms with Crippen molar-refractivity contribution in [2.45, 2.75) is 39.2 Å². The third-order valence-electron chi connectivity index (χ3n) is 4.63. The van der Waals surface area contributed by atoms with Gasteiger partial charge in [-0.15, -0.1) is 0 Å². The SMILES string of the molecule is CCOC(=O)C1CCN(C(=O)C(C)(C)NC(=O)Nc2ccc(C#N)cc2)CC1. The summed E-state index contributed by atoms with van der Waals surface area (Å²) in [4.78, 5) is 38.6. The van der Waals surface area contributed by atoms with Crippen LogP contribution in [0.15, 0.2) is 24.3 Å². The van der Waals surface area contributed by atoms with Gasteiger partial charge >= 0.3 is 12.0 Å². The zero-order valence-corrected chi connectivity index (χ0v) is 16.4. The zero-order valence-electron chi connectivity index (χ0n) is 16.4. The zero-order chi connectivity index (χ0) is 20.7. The monoisotopic (exact) mass is 386 g/mol. The first-order valence-electron chi connectivity index (χ1n) is 9.32. The molecule has 0 atom stereocenters. The van der Waals surface area contributed by atoms with Gasteiger partial charge in [-0.05, 0) is 57.9 Å². The summed E-state index contributed by atoms with van der Waals surface area (Å²) in [6.07, 6.45) is 1.11. The lowest BCUT2D eigenvalue weighted by molar-refractivity contribution is -0.152. The van der Waals surface area contributed by atoms with E-state index in [4.69, 9.17) is 10.00 Å². The second-order valence-corrected chi connectivity index (χ2v) is 7.21. The maximum Gasteiger partial charge on any atom is 0.320 e. The van der Waals surface area contributed by atoms with E-state index < -0.39 is 11.6 Å². The van der Waals surface area contributed by atoms with Crippen LogP contribution < -0.4 is 10.6 Å². The number of rotatable bonds is 5. The molecule has 2 N–H and O–H groups in total. The number of ether oxygens (including phenoxy) is 1. The standard InChI is InChI=1S/C20H26N4O4/c1-4-28-17(25)15-9-11-24(12-10-15)18(26)20(2,3)23-19(27)22-16-7-5-14(13-21)6-8-16/h5-8,15H,4,9-12H2,1-3H3,(H2,22,23,27). The highest BCUT2D eigenvalue weighted by Gasteiger charge is 2.36. The molecule has 1 aromatic rings. The molecule has 3 amide bonds. The van der Waals surface area contributed by atoms with Gasteiger partial charge in [0, 0.05) is 18.8 Å². The van der Waals surface area contributed by atoms with Crippen molar-refractivity contribution in [1.29, 1.82) is 5.26 Å². The number of piperidine rings is 1. The molecule has 8 heteroatoms. The molecule has 1 fully saturated rings. The fourth-order valence-corrected chi connectivity index (χ4v) is 3.10. The topological polar surface area (TPSA) is 112 Å². The second kappa shape index (κ2) is 9.22. The molecule has 1 heterocycles. The number of hydrogen-bond acceptors (Lipinski definition) is 5. The van der Waals surface area contributed by atoms with Gasteiger partial charge in [-0.2, -0.15) is 5.26 Å². The highest BCUT2D eigenvalue weighted by Crippen LogP contribution is 2.21. The lowest BCUT2D eigenvalue weighted by Gasteiger charge is -2.36. The lowest BCUT2D eigenvalue weighted by Crippen LogP contribution is -2.58. The average Bonchev–Trinajstić information content (AvgIpc) is 2.67.